The Hall–Kier alpha value is -2.56. The summed E-state index contributed by atoms with van der Waals surface area (Å²) >= 11 is 0. The number of aromatic nitrogens is 1. The van der Waals surface area contributed by atoms with Crippen molar-refractivity contribution in [2.45, 2.75) is 26.3 Å². The summed E-state index contributed by atoms with van der Waals surface area (Å²) in [6, 6.07) is 8.24. The molecule has 0 fully saturated rings. The molecule has 0 N–H and O–H groups in total. The number of carbonyl (C=O) groups excluding carboxylic acids is 1. The Morgan fingerprint density at radius 3 is 2.88 bits per heavy atom. The minimum absolute atomic E-state index is 0.114. The number of rotatable bonds is 5. The fraction of sp³-hybridized carbons (Fsp3) is 0.368. The maximum Gasteiger partial charge on any atom is 0.374 e. The van der Waals surface area contributed by atoms with Crippen LogP contribution in [0.5, 0.6) is 0 Å². The van der Waals surface area contributed by atoms with E-state index in [0.717, 1.165) is 12.8 Å². The molecule has 0 saturated heterocycles. The van der Waals surface area contributed by atoms with Crippen molar-refractivity contribution in [3.63, 3.8) is 0 Å². The zero-order valence-electron chi connectivity index (χ0n) is 13.7. The molecule has 0 aliphatic heterocycles. The molecule has 2 aromatic heterocycles. The van der Waals surface area contributed by atoms with Gasteiger partial charge in [0.15, 0.2) is 0 Å². The number of furan rings is 1. The van der Waals surface area contributed by atoms with E-state index in [-0.39, 0.29) is 17.9 Å². The number of ether oxygens (including phenoxy) is 1. The number of hydrogen-bond acceptors (Lipinski definition) is 4. The second-order valence-corrected chi connectivity index (χ2v) is 6.21. The van der Waals surface area contributed by atoms with Gasteiger partial charge in [-0.25, -0.2) is 4.79 Å². The predicted molar refractivity (Wildman–Crippen MR) is 89.8 cm³/mol. The number of esters is 1. The van der Waals surface area contributed by atoms with Gasteiger partial charge in [0.25, 0.3) is 5.56 Å². The molecule has 1 aliphatic carbocycles. The molecule has 0 spiro atoms. The smallest absolute Gasteiger partial charge is 0.374 e. The minimum Gasteiger partial charge on any atom is -0.460 e. The van der Waals surface area contributed by atoms with Crippen molar-refractivity contribution in [1.82, 2.24) is 4.57 Å². The molecule has 2 heterocycles. The van der Waals surface area contributed by atoms with E-state index < -0.39 is 5.97 Å². The second-order valence-electron chi connectivity index (χ2n) is 6.21. The number of nitrogens with zero attached hydrogens (tertiary/aromatic N) is 1. The molecule has 0 radical (unpaired) electrons. The third kappa shape index (κ3) is 3.85. The molecule has 2 unspecified atom stereocenters. The van der Waals surface area contributed by atoms with E-state index in [1.807, 2.05) is 0 Å². The van der Waals surface area contributed by atoms with Crippen LogP contribution in [0.25, 0.3) is 0 Å². The van der Waals surface area contributed by atoms with Gasteiger partial charge in [-0.1, -0.05) is 25.1 Å². The number of carbonyl (C=O) groups is 1. The Balaban J connectivity index is 1.58. The minimum atomic E-state index is -0.455. The van der Waals surface area contributed by atoms with Crippen LogP contribution in [0.1, 0.15) is 36.1 Å². The normalized spacial score (nSPS) is 20.0. The van der Waals surface area contributed by atoms with Crippen LogP contribution in [0.15, 0.2) is 57.9 Å². The van der Waals surface area contributed by atoms with Crippen LogP contribution in [0, 0.1) is 11.8 Å². The Morgan fingerprint density at radius 1 is 1.25 bits per heavy atom. The number of allylic oxidation sites excluding steroid dienone is 2. The highest BCUT2D eigenvalue weighted by Gasteiger charge is 2.21. The molecule has 2 atom stereocenters. The van der Waals surface area contributed by atoms with E-state index in [9.17, 15) is 9.59 Å². The first-order chi connectivity index (χ1) is 11.6. The fourth-order valence-electron chi connectivity index (χ4n) is 2.82. The van der Waals surface area contributed by atoms with Gasteiger partial charge in [-0.2, -0.15) is 0 Å². The van der Waals surface area contributed by atoms with Gasteiger partial charge in [0.1, 0.15) is 5.76 Å². The number of hydrogen-bond donors (Lipinski definition) is 0. The lowest BCUT2D eigenvalue weighted by Crippen LogP contribution is -2.21. The fourth-order valence-corrected chi connectivity index (χ4v) is 2.82. The monoisotopic (exact) mass is 327 g/mol. The van der Waals surface area contributed by atoms with Crippen molar-refractivity contribution in [2.75, 3.05) is 6.61 Å². The van der Waals surface area contributed by atoms with Crippen LogP contribution in [0.4, 0.5) is 0 Å². The molecule has 0 amide bonds. The van der Waals surface area contributed by atoms with E-state index in [2.05, 4.69) is 19.1 Å². The molecular formula is C19H21NO4. The first kappa shape index (κ1) is 16.3. The van der Waals surface area contributed by atoms with Gasteiger partial charge in [0.05, 0.1) is 13.2 Å². The zero-order valence-corrected chi connectivity index (χ0v) is 13.7. The van der Waals surface area contributed by atoms with Gasteiger partial charge in [0.2, 0.25) is 5.76 Å². The van der Waals surface area contributed by atoms with Crippen molar-refractivity contribution < 1.29 is 13.9 Å². The van der Waals surface area contributed by atoms with Gasteiger partial charge in [-0.05, 0) is 42.9 Å². The summed E-state index contributed by atoms with van der Waals surface area (Å²) in [6.07, 6.45) is 7.96. The summed E-state index contributed by atoms with van der Waals surface area (Å²) in [5.74, 6) is 1.14. The van der Waals surface area contributed by atoms with E-state index in [0.29, 0.717) is 24.2 Å². The van der Waals surface area contributed by atoms with Crippen LogP contribution in [-0.2, 0) is 11.3 Å². The molecule has 0 bridgehead atoms. The van der Waals surface area contributed by atoms with Crippen molar-refractivity contribution in [3.8, 4) is 0 Å². The summed E-state index contributed by atoms with van der Waals surface area (Å²) < 4.78 is 12.4. The molecule has 3 rings (SSSR count). The first-order valence-corrected chi connectivity index (χ1v) is 8.20. The van der Waals surface area contributed by atoms with Crippen molar-refractivity contribution in [3.05, 3.63) is 70.6 Å². The second kappa shape index (κ2) is 7.34. The third-order valence-corrected chi connectivity index (χ3v) is 4.43. The lowest BCUT2D eigenvalue weighted by molar-refractivity contribution is 0.0358. The van der Waals surface area contributed by atoms with Crippen LogP contribution in [0.3, 0.4) is 0 Å². The SMILES string of the molecule is CC1CC=CCC1COC(=O)c1ccc(Cn2ccccc2=O)o1. The highest BCUT2D eigenvalue weighted by Crippen LogP contribution is 2.25. The van der Waals surface area contributed by atoms with Crippen molar-refractivity contribution >= 4 is 5.97 Å². The molecule has 2 aromatic rings. The highest BCUT2D eigenvalue weighted by atomic mass is 16.5. The van der Waals surface area contributed by atoms with Crippen LogP contribution in [-0.4, -0.2) is 17.1 Å². The average Bonchev–Trinajstić information content (AvgIpc) is 3.05. The number of pyridine rings is 1. The third-order valence-electron chi connectivity index (χ3n) is 4.43. The van der Waals surface area contributed by atoms with Crippen molar-refractivity contribution in [1.29, 1.82) is 0 Å². The Morgan fingerprint density at radius 2 is 2.08 bits per heavy atom. The summed E-state index contributed by atoms with van der Waals surface area (Å²) in [5.41, 5.74) is -0.114. The van der Waals surface area contributed by atoms with E-state index in [1.165, 1.54) is 10.6 Å². The molecule has 0 aromatic carbocycles. The van der Waals surface area contributed by atoms with Gasteiger partial charge in [-0.3, -0.25) is 4.79 Å². The lowest BCUT2D eigenvalue weighted by atomic mass is 9.85. The summed E-state index contributed by atoms with van der Waals surface area (Å²) in [6.45, 7) is 2.86. The Kier molecular flexibility index (Phi) is 4.99. The molecule has 5 nitrogen and oxygen atoms in total. The summed E-state index contributed by atoms with van der Waals surface area (Å²) in [4.78, 5) is 23.8. The summed E-state index contributed by atoms with van der Waals surface area (Å²) in [7, 11) is 0. The molecule has 1 aliphatic rings. The van der Waals surface area contributed by atoms with Gasteiger partial charge in [0, 0.05) is 12.3 Å². The van der Waals surface area contributed by atoms with Crippen LogP contribution in [0.2, 0.25) is 0 Å². The zero-order chi connectivity index (χ0) is 16.9. The molecule has 24 heavy (non-hydrogen) atoms. The highest BCUT2D eigenvalue weighted by molar-refractivity contribution is 5.86. The predicted octanol–water partition coefficient (Wildman–Crippen LogP) is 3.25. The Labute approximate surface area is 140 Å². The molecular weight excluding hydrogens is 306 g/mol. The van der Waals surface area contributed by atoms with E-state index in [1.54, 1.807) is 30.5 Å². The first-order valence-electron chi connectivity index (χ1n) is 8.20. The topological polar surface area (TPSA) is 61.4 Å². The average molecular weight is 327 g/mol. The van der Waals surface area contributed by atoms with Gasteiger partial charge >= 0.3 is 5.97 Å². The van der Waals surface area contributed by atoms with Gasteiger partial charge in [-0.15, -0.1) is 0 Å². The van der Waals surface area contributed by atoms with Crippen molar-refractivity contribution in [2.24, 2.45) is 11.8 Å². The lowest BCUT2D eigenvalue weighted by Gasteiger charge is -2.24. The quantitative estimate of drug-likeness (QED) is 0.625. The van der Waals surface area contributed by atoms with Crippen LogP contribution >= 0.6 is 0 Å². The Bertz CT molecular complexity index is 786. The molecule has 5 heteroatoms. The molecule has 0 saturated carbocycles. The van der Waals surface area contributed by atoms with Crippen LogP contribution < -0.4 is 5.56 Å². The summed E-state index contributed by atoms with van der Waals surface area (Å²) in [5, 5.41) is 0. The standard InChI is InChI=1S/C19H21NO4/c1-14-6-2-3-7-15(14)13-23-19(22)17-10-9-16(24-17)12-20-11-5-4-8-18(20)21/h2-5,8-11,14-15H,6-7,12-13H2,1H3. The molecule has 126 valence electrons. The van der Waals surface area contributed by atoms with Gasteiger partial charge < -0.3 is 13.7 Å². The largest absolute Gasteiger partial charge is 0.460 e. The maximum absolute atomic E-state index is 12.1. The van der Waals surface area contributed by atoms with E-state index in [4.69, 9.17) is 9.15 Å². The van der Waals surface area contributed by atoms with E-state index >= 15 is 0 Å². The maximum atomic E-state index is 12.1.